The van der Waals surface area contributed by atoms with Crippen LogP contribution in [0.1, 0.15) is 44.5 Å². The largest absolute Gasteiger partial charge is 0.506 e. The van der Waals surface area contributed by atoms with Crippen LogP contribution in [-0.4, -0.2) is 23.1 Å². The van der Waals surface area contributed by atoms with Crippen LogP contribution in [0.3, 0.4) is 0 Å². The van der Waals surface area contributed by atoms with Gasteiger partial charge in [-0.1, -0.05) is 51.1 Å². The van der Waals surface area contributed by atoms with Gasteiger partial charge in [0, 0.05) is 12.0 Å². The summed E-state index contributed by atoms with van der Waals surface area (Å²) in [6.45, 7) is 7.43. The molecule has 0 fully saturated rings. The first kappa shape index (κ1) is 17.2. The average Bonchev–Trinajstić information content (AvgIpc) is 2.38. The number of ketones is 1. The second-order valence-corrected chi connectivity index (χ2v) is 4.48. The highest BCUT2D eigenvalue weighted by Gasteiger charge is 2.10. The lowest BCUT2D eigenvalue weighted by Crippen LogP contribution is -2.18. The van der Waals surface area contributed by atoms with Crippen LogP contribution >= 0.6 is 0 Å². The number of hydrogen-bond acceptors (Lipinski definition) is 3. The zero-order valence-corrected chi connectivity index (χ0v) is 11.9. The minimum absolute atomic E-state index is 0.206. The summed E-state index contributed by atoms with van der Waals surface area (Å²) in [5.41, 5.74) is 0.810. The van der Waals surface area contributed by atoms with Crippen LogP contribution in [-0.2, 0) is 4.74 Å². The van der Waals surface area contributed by atoms with E-state index in [1.807, 2.05) is 51.1 Å². The van der Waals surface area contributed by atoms with Crippen molar-refractivity contribution in [3.05, 3.63) is 35.9 Å². The highest BCUT2D eigenvalue weighted by Crippen LogP contribution is 2.04. The average molecular weight is 266 g/mol. The van der Waals surface area contributed by atoms with Crippen molar-refractivity contribution in [1.82, 2.24) is 0 Å². The summed E-state index contributed by atoms with van der Waals surface area (Å²) in [5.74, 6) is 0.460. The van der Waals surface area contributed by atoms with Crippen LogP contribution in [0, 0.1) is 5.92 Å². The molecule has 4 heteroatoms. The van der Waals surface area contributed by atoms with Crippen LogP contribution in [0.15, 0.2) is 30.3 Å². The molecule has 0 bridgehead atoms. The van der Waals surface area contributed by atoms with Crippen LogP contribution in [0.25, 0.3) is 0 Å². The molecule has 0 spiro atoms. The Morgan fingerprint density at radius 3 is 2.00 bits per heavy atom. The summed E-state index contributed by atoms with van der Waals surface area (Å²) in [4.78, 5) is 20.9. The summed E-state index contributed by atoms with van der Waals surface area (Å²) in [7, 11) is 0. The van der Waals surface area contributed by atoms with Crippen molar-refractivity contribution in [2.75, 3.05) is 0 Å². The first-order chi connectivity index (χ1) is 8.88. The lowest BCUT2D eigenvalue weighted by Gasteiger charge is -2.12. The van der Waals surface area contributed by atoms with E-state index in [2.05, 4.69) is 4.74 Å². The van der Waals surface area contributed by atoms with E-state index in [9.17, 15) is 9.59 Å². The summed E-state index contributed by atoms with van der Waals surface area (Å²) in [5, 5.41) is 8.11. The maximum absolute atomic E-state index is 11.0. The van der Waals surface area contributed by atoms with Gasteiger partial charge in [-0.05, 0) is 12.8 Å². The van der Waals surface area contributed by atoms with Gasteiger partial charge in [-0.3, -0.25) is 4.79 Å². The Kier molecular flexibility index (Phi) is 8.25. The molecule has 4 nitrogen and oxygen atoms in total. The molecule has 1 aromatic rings. The molecular formula is C15H22O4. The fourth-order valence-corrected chi connectivity index (χ4v) is 1.12. The number of carbonyl (C=O) groups is 2. The predicted molar refractivity (Wildman–Crippen MR) is 74.5 cm³/mol. The number of Topliss-reactive ketones (excluding diaryl/α,β-unsaturated/α-hetero) is 1. The van der Waals surface area contributed by atoms with Crippen molar-refractivity contribution in [1.29, 1.82) is 0 Å². The standard InChI is InChI=1S/C9H10O.C6H12O3/c1-2-9(10)8-6-4-3-5-7-8;1-4(2)5(3)9-6(7)8/h3-7H,2H2,1H3;4-5H,1-3H3,(H,7,8). The zero-order valence-electron chi connectivity index (χ0n) is 11.9. The van der Waals surface area contributed by atoms with Gasteiger partial charge in [-0.2, -0.15) is 0 Å². The Hall–Kier alpha value is -1.84. The molecule has 0 aromatic heterocycles. The molecule has 0 aliphatic carbocycles. The molecule has 0 saturated heterocycles. The van der Waals surface area contributed by atoms with Crippen molar-refractivity contribution in [2.45, 2.75) is 40.2 Å². The van der Waals surface area contributed by atoms with Crippen LogP contribution in [0.4, 0.5) is 4.79 Å². The van der Waals surface area contributed by atoms with Gasteiger partial charge in [-0.25, -0.2) is 4.79 Å². The maximum Gasteiger partial charge on any atom is 0.506 e. The van der Waals surface area contributed by atoms with Crippen molar-refractivity contribution >= 4 is 11.9 Å². The third-order valence-electron chi connectivity index (χ3n) is 2.64. The number of rotatable bonds is 4. The fraction of sp³-hybridized carbons (Fsp3) is 0.467. The molecule has 1 atom stereocenters. The summed E-state index contributed by atoms with van der Waals surface area (Å²) in [6, 6.07) is 9.34. The van der Waals surface area contributed by atoms with Crippen LogP contribution in [0.2, 0.25) is 0 Å². The number of hydrogen-bond donors (Lipinski definition) is 1. The third-order valence-corrected chi connectivity index (χ3v) is 2.64. The maximum atomic E-state index is 11.0. The molecule has 1 rings (SSSR count). The van der Waals surface area contributed by atoms with E-state index in [1.54, 1.807) is 6.92 Å². The summed E-state index contributed by atoms with van der Waals surface area (Å²) in [6.07, 6.45) is -0.817. The summed E-state index contributed by atoms with van der Waals surface area (Å²) >= 11 is 0. The molecule has 19 heavy (non-hydrogen) atoms. The van der Waals surface area contributed by atoms with E-state index in [4.69, 9.17) is 5.11 Å². The van der Waals surface area contributed by atoms with E-state index < -0.39 is 6.16 Å². The Bertz CT molecular complexity index is 384. The molecule has 1 aromatic carbocycles. The van der Waals surface area contributed by atoms with Gasteiger partial charge in [0.2, 0.25) is 0 Å². The van der Waals surface area contributed by atoms with Gasteiger partial charge < -0.3 is 9.84 Å². The molecule has 106 valence electrons. The van der Waals surface area contributed by atoms with Crippen molar-refractivity contribution in [2.24, 2.45) is 5.92 Å². The van der Waals surface area contributed by atoms with Gasteiger partial charge in [0.15, 0.2) is 5.78 Å². The monoisotopic (exact) mass is 266 g/mol. The molecule has 0 radical (unpaired) electrons. The quantitative estimate of drug-likeness (QED) is 0.660. The van der Waals surface area contributed by atoms with Crippen molar-refractivity contribution in [3.8, 4) is 0 Å². The second-order valence-electron chi connectivity index (χ2n) is 4.48. The molecule has 0 saturated carbocycles. The van der Waals surface area contributed by atoms with E-state index in [0.717, 1.165) is 5.56 Å². The van der Waals surface area contributed by atoms with Crippen molar-refractivity contribution < 1.29 is 19.4 Å². The number of carboxylic acid groups (broad SMARTS) is 1. The molecule has 0 aliphatic heterocycles. The van der Waals surface area contributed by atoms with Crippen molar-refractivity contribution in [3.63, 3.8) is 0 Å². The van der Waals surface area contributed by atoms with Gasteiger partial charge in [0.1, 0.15) is 6.10 Å². The minimum atomic E-state index is -1.20. The van der Waals surface area contributed by atoms with Gasteiger partial charge in [-0.15, -0.1) is 0 Å². The molecule has 1 N–H and O–H groups in total. The van der Waals surface area contributed by atoms with E-state index in [0.29, 0.717) is 6.42 Å². The highest BCUT2D eigenvalue weighted by molar-refractivity contribution is 5.95. The molecule has 1 unspecified atom stereocenters. The Morgan fingerprint density at radius 1 is 1.16 bits per heavy atom. The number of benzene rings is 1. The molecule has 0 aliphatic rings. The second kappa shape index (κ2) is 9.14. The van der Waals surface area contributed by atoms with Crippen LogP contribution in [0.5, 0.6) is 0 Å². The smallest absolute Gasteiger partial charge is 0.450 e. The molecular weight excluding hydrogens is 244 g/mol. The SMILES string of the molecule is CC(C)C(C)OC(=O)O.CCC(=O)c1ccccc1. The Morgan fingerprint density at radius 2 is 1.68 bits per heavy atom. The first-order valence-corrected chi connectivity index (χ1v) is 6.36. The van der Waals surface area contributed by atoms with Gasteiger partial charge in [0.05, 0.1) is 0 Å². The molecule has 0 heterocycles. The number of ether oxygens (including phenoxy) is 1. The topological polar surface area (TPSA) is 63.6 Å². The van der Waals surface area contributed by atoms with Gasteiger partial charge in [0.25, 0.3) is 0 Å². The Labute approximate surface area is 114 Å². The summed E-state index contributed by atoms with van der Waals surface area (Å²) < 4.78 is 4.43. The fourth-order valence-electron chi connectivity index (χ4n) is 1.12. The third kappa shape index (κ3) is 7.97. The lowest BCUT2D eigenvalue weighted by atomic mass is 10.1. The van der Waals surface area contributed by atoms with E-state index in [-0.39, 0.29) is 17.8 Å². The first-order valence-electron chi connectivity index (χ1n) is 6.36. The minimum Gasteiger partial charge on any atom is -0.450 e. The van der Waals surface area contributed by atoms with E-state index >= 15 is 0 Å². The number of carbonyl (C=O) groups excluding carboxylic acids is 1. The normalized spacial score (nSPS) is 11.2. The Balaban J connectivity index is 0.000000344. The molecule has 0 amide bonds. The lowest BCUT2D eigenvalue weighted by molar-refractivity contribution is 0.0405. The predicted octanol–water partition coefficient (Wildman–Crippen LogP) is 4.00. The van der Waals surface area contributed by atoms with Crippen LogP contribution < -0.4 is 0 Å². The zero-order chi connectivity index (χ0) is 14.8. The van der Waals surface area contributed by atoms with Gasteiger partial charge >= 0.3 is 6.16 Å². The highest BCUT2D eigenvalue weighted by atomic mass is 16.7. The van der Waals surface area contributed by atoms with E-state index in [1.165, 1.54) is 0 Å².